The number of hydrogen-bond donors (Lipinski definition) is 0. The number of ether oxygens (including phenoxy) is 1. The summed E-state index contributed by atoms with van der Waals surface area (Å²) in [5.41, 5.74) is 0.690. The minimum Gasteiger partial charge on any atom is -0.383 e. The van der Waals surface area contributed by atoms with Gasteiger partial charge in [0.25, 0.3) is 5.91 Å². The molecule has 0 spiro atoms. The van der Waals surface area contributed by atoms with Crippen molar-refractivity contribution in [2.45, 2.75) is 25.8 Å². The van der Waals surface area contributed by atoms with Crippen LogP contribution in [0.25, 0.3) is 10.9 Å². The molecular weight excluding hydrogens is 302 g/mol. The van der Waals surface area contributed by atoms with E-state index in [0.29, 0.717) is 37.3 Å². The first-order valence-electron chi connectivity index (χ1n) is 7.88. The van der Waals surface area contributed by atoms with Crippen LogP contribution in [0.2, 0.25) is 0 Å². The van der Waals surface area contributed by atoms with Crippen molar-refractivity contribution in [3.8, 4) is 0 Å². The van der Waals surface area contributed by atoms with Crippen molar-refractivity contribution >= 4 is 16.8 Å². The molecule has 6 heteroatoms. The molecule has 3 rings (SSSR count). The number of halogens is 2. The van der Waals surface area contributed by atoms with Gasteiger partial charge >= 0.3 is 0 Å². The number of fused-ring (bicyclic) bond motifs is 1. The SMILES string of the molecule is COCCn1cc(C(=O)N2CCCCC2)c2c(F)cc(F)cc21. The number of aromatic nitrogens is 1. The van der Waals surface area contributed by atoms with Crippen LogP contribution in [0.3, 0.4) is 0 Å². The standard InChI is InChI=1S/C17H20F2N2O2/c1-23-8-7-21-11-13(17(22)20-5-3-2-4-6-20)16-14(19)9-12(18)10-15(16)21/h9-11H,2-8H2,1H3. The Bertz CT molecular complexity index is 721. The summed E-state index contributed by atoms with van der Waals surface area (Å²) in [5, 5.41) is 0.193. The summed E-state index contributed by atoms with van der Waals surface area (Å²) in [6.07, 6.45) is 4.65. The van der Waals surface area contributed by atoms with E-state index in [9.17, 15) is 13.6 Å². The maximum absolute atomic E-state index is 14.3. The molecule has 1 aromatic heterocycles. The number of carbonyl (C=O) groups is 1. The molecule has 1 aliphatic heterocycles. The van der Waals surface area contributed by atoms with Crippen molar-refractivity contribution < 1.29 is 18.3 Å². The smallest absolute Gasteiger partial charge is 0.256 e. The molecule has 124 valence electrons. The third-order valence-electron chi connectivity index (χ3n) is 4.31. The lowest BCUT2D eigenvalue weighted by molar-refractivity contribution is 0.0725. The molecule has 0 N–H and O–H groups in total. The van der Waals surface area contributed by atoms with Gasteiger partial charge < -0.3 is 14.2 Å². The predicted molar refractivity (Wildman–Crippen MR) is 83.5 cm³/mol. The van der Waals surface area contributed by atoms with Crippen LogP contribution >= 0.6 is 0 Å². The van der Waals surface area contributed by atoms with E-state index in [1.807, 2.05) is 0 Å². The summed E-state index contributed by atoms with van der Waals surface area (Å²) in [5.74, 6) is -1.53. The second-order valence-electron chi connectivity index (χ2n) is 5.86. The number of likely N-dealkylation sites (tertiary alicyclic amines) is 1. The second-order valence-corrected chi connectivity index (χ2v) is 5.86. The first-order chi connectivity index (χ1) is 11.1. The van der Waals surface area contributed by atoms with E-state index < -0.39 is 11.6 Å². The molecular formula is C17H20F2N2O2. The fraction of sp³-hybridized carbons (Fsp3) is 0.471. The van der Waals surface area contributed by atoms with Gasteiger partial charge in [0.05, 0.1) is 17.7 Å². The number of piperidine rings is 1. The van der Waals surface area contributed by atoms with E-state index >= 15 is 0 Å². The van der Waals surface area contributed by atoms with Gasteiger partial charge in [-0.25, -0.2) is 8.78 Å². The molecule has 0 radical (unpaired) electrons. The van der Waals surface area contributed by atoms with Crippen LogP contribution < -0.4 is 0 Å². The zero-order valence-electron chi connectivity index (χ0n) is 13.1. The van der Waals surface area contributed by atoms with E-state index in [-0.39, 0.29) is 11.3 Å². The van der Waals surface area contributed by atoms with Crippen molar-refractivity contribution in [3.05, 3.63) is 35.5 Å². The van der Waals surface area contributed by atoms with E-state index in [2.05, 4.69) is 0 Å². The molecule has 0 atom stereocenters. The highest BCUT2D eigenvalue weighted by atomic mass is 19.1. The molecule has 4 nitrogen and oxygen atoms in total. The van der Waals surface area contributed by atoms with Crippen molar-refractivity contribution in [3.63, 3.8) is 0 Å². The molecule has 1 fully saturated rings. The predicted octanol–water partition coefficient (Wildman–Crippen LogP) is 3.19. The molecule has 23 heavy (non-hydrogen) atoms. The summed E-state index contributed by atoms with van der Waals surface area (Å²) in [6.45, 7) is 2.21. The summed E-state index contributed by atoms with van der Waals surface area (Å²) in [6, 6.07) is 2.09. The third-order valence-corrected chi connectivity index (χ3v) is 4.31. The summed E-state index contributed by atoms with van der Waals surface area (Å²) >= 11 is 0. The van der Waals surface area contributed by atoms with Crippen LogP contribution in [-0.4, -0.2) is 42.2 Å². The molecule has 0 aliphatic carbocycles. The molecule has 2 heterocycles. The number of benzene rings is 1. The number of carbonyl (C=O) groups excluding carboxylic acids is 1. The molecule has 0 unspecified atom stereocenters. The Labute approximate surface area is 133 Å². The van der Waals surface area contributed by atoms with Crippen LogP contribution in [0.4, 0.5) is 8.78 Å². The van der Waals surface area contributed by atoms with Gasteiger partial charge in [-0.1, -0.05) is 0 Å². The second kappa shape index (κ2) is 6.66. The number of hydrogen-bond acceptors (Lipinski definition) is 2. The molecule has 1 aromatic carbocycles. The molecule has 2 aromatic rings. The summed E-state index contributed by atoms with van der Waals surface area (Å²) in [4.78, 5) is 14.5. The maximum atomic E-state index is 14.3. The normalized spacial score (nSPS) is 15.3. The van der Waals surface area contributed by atoms with Gasteiger partial charge in [0.15, 0.2) is 0 Å². The van der Waals surface area contributed by atoms with E-state index in [4.69, 9.17) is 4.74 Å². The fourth-order valence-corrected chi connectivity index (χ4v) is 3.15. The fourth-order valence-electron chi connectivity index (χ4n) is 3.15. The minimum atomic E-state index is -0.698. The Morgan fingerprint density at radius 2 is 1.96 bits per heavy atom. The summed E-state index contributed by atoms with van der Waals surface area (Å²) in [7, 11) is 1.56. The summed E-state index contributed by atoms with van der Waals surface area (Å²) < 4.78 is 34.6. The van der Waals surface area contributed by atoms with Crippen molar-refractivity contribution in [2.75, 3.05) is 26.8 Å². The van der Waals surface area contributed by atoms with Crippen LogP contribution in [0.5, 0.6) is 0 Å². The third kappa shape index (κ3) is 3.08. The lowest BCUT2D eigenvalue weighted by Gasteiger charge is -2.26. The van der Waals surface area contributed by atoms with Gasteiger partial charge in [-0.3, -0.25) is 4.79 Å². The van der Waals surface area contributed by atoms with Crippen LogP contribution in [-0.2, 0) is 11.3 Å². The van der Waals surface area contributed by atoms with E-state index in [0.717, 1.165) is 25.3 Å². The quantitative estimate of drug-likeness (QED) is 0.866. The Balaban J connectivity index is 2.06. The number of methoxy groups -OCH3 is 1. The Hall–Kier alpha value is -1.95. The van der Waals surface area contributed by atoms with Crippen molar-refractivity contribution in [2.24, 2.45) is 0 Å². The van der Waals surface area contributed by atoms with E-state index in [1.165, 1.54) is 6.07 Å². The lowest BCUT2D eigenvalue weighted by atomic mass is 10.1. The van der Waals surface area contributed by atoms with Gasteiger partial charge in [0.2, 0.25) is 0 Å². The van der Waals surface area contributed by atoms with Gasteiger partial charge in [0, 0.05) is 44.4 Å². The maximum Gasteiger partial charge on any atom is 0.256 e. The lowest BCUT2D eigenvalue weighted by Crippen LogP contribution is -2.35. The Morgan fingerprint density at radius 1 is 1.22 bits per heavy atom. The first-order valence-corrected chi connectivity index (χ1v) is 7.88. The number of rotatable bonds is 4. The minimum absolute atomic E-state index is 0.184. The highest BCUT2D eigenvalue weighted by Gasteiger charge is 2.24. The Morgan fingerprint density at radius 3 is 2.65 bits per heavy atom. The molecule has 0 saturated carbocycles. The average Bonchev–Trinajstić information content (AvgIpc) is 2.92. The van der Waals surface area contributed by atoms with E-state index in [1.54, 1.807) is 22.8 Å². The zero-order valence-corrected chi connectivity index (χ0v) is 13.1. The molecule has 1 saturated heterocycles. The molecule has 0 bridgehead atoms. The van der Waals surface area contributed by atoms with Crippen LogP contribution in [0.1, 0.15) is 29.6 Å². The van der Waals surface area contributed by atoms with Crippen LogP contribution in [0, 0.1) is 11.6 Å². The van der Waals surface area contributed by atoms with Crippen LogP contribution in [0.15, 0.2) is 18.3 Å². The molecule has 1 aliphatic rings. The van der Waals surface area contributed by atoms with Gasteiger partial charge in [-0.05, 0) is 25.3 Å². The number of nitrogens with zero attached hydrogens (tertiary/aromatic N) is 2. The van der Waals surface area contributed by atoms with Crippen molar-refractivity contribution in [1.29, 1.82) is 0 Å². The zero-order chi connectivity index (χ0) is 16.4. The highest BCUT2D eigenvalue weighted by molar-refractivity contribution is 6.07. The largest absolute Gasteiger partial charge is 0.383 e. The average molecular weight is 322 g/mol. The Kier molecular flexibility index (Phi) is 4.61. The monoisotopic (exact) mass is 322 g/mol. The first kappa shape index (κ1) is 15.9. The van der Waals surface area contributed by atoms with Gasteiger partial charge in [-0.15, -0.1) is 0 Å². The van der Waals surface area contributed by atoms with Crippen molar-refractivity contribution in [1.82, 2.24) is 9.47 Å². The topological polar surface area (TPSA) is 34.5 Å². The van der Waals surface area contributed by atoms with Gasteiger partial charge in [0.1, 0.15) is 11.6 Å². The van der Waals surface area contributed by atoms with Gasteiger partial charge in [-0.2, -0.15) is 0 Å². The molecule has 1 amide bonds. The highest BCUT2D eigenvalue weighted by Crippen LogP contribution is 2.27. The number of amides is 1.